The molecule has 0 saturated carbocycles. The highest BCUT2D eigenvalue weighted by molar-refractivity contribution is 7.07. The summed E-state index contributed by atoms with van der Waals surface area (Å²) in [7, 11) is 1.64. The first-order valence-electron chi connectivity index (χ1n) is 5.17. The minimum absolute atomic E-state index is 0.0863. The molecule has 1 amide bonds. The summed E-state index contributed by atoms with van der Waals surface area (Å²) in [6.45, 7) is 2.98. The van der Waals surface area contributed by atoms with E-state index >= 15 is 0 Å². The van der Waals surface area contributed by atoms with Gasteiger partial charge < -0.3 is 14.8 Å². The van der Waals surface area contributed by atoms with E-state index in [1.54, 1.807) is 18.4 Å². The van der Waals surface area contributed by atoms with Crippen LogP contribution in [0.2, 0.25) is 0 Å². The molecule has 1 unspecified atom stereocenters. The molecule has 1 N–H and O–H groups in total. The van der Waals surface area contributed by atoms with E-state index in [4.69, 9.17) is 9.47 Å². The van der Waals surface area contributed by atoms with E-state index in [1.807, 2.05) is 23.8 Å². The van der Waals surface area contributed by atoms with Crippen molar-refractivity contribution in [3.05, 3.63) is 22.4 Å². The summed E-state index contributed by atoms with van der Waals surface area (Å²) in [5.41, 5.74) is 1.09. The molecule has 0 saturated heterocycles. The zero-order valence-electron chi connectivity index (χ0n) is 9.56. The highest BCUT2D eigenvalue weighted by Crippen LogP contribution is 2.18. The molecule has 0 bridgehead atoms. The third kappa shape index (κ3) is 4.30. The van der Waals surface area contributed by atoms with E-state index in [9.17, 15) is 4.79 Å². The highest BCUT2D eigenvalue weighted by Gasteiger charge is 2.12. The van der Waals surface area contributed by atoms with Gasteiger partial charge in [-0.15, -0.1) is 0 Å². The van der Waals surface area contributed by atoms with Crippen LogP contribution in [0.1, 0.15) is 18.6 Å². The number of thiophene rings is 1. The Morgan fingerprint density at radius 2 is 2.44 bits per heavy atom. The van der Waals surface area contributed by atoms with Crippen molar-refractivity contribution < 1.29 is 14.3 Å². The van der Waals surface area contributed by atoms with Crippen molar-refractivity contribution in [3.8, 4) is 0 Å². The molecular weight excluding hydrogens is 226 g/mol. The molecule has 0 radical (unpaired) electrons. The van der Waals surface area contributed by atoms with Crippen LogP contribution in [0.15, 0.2) is 16.8 Å². The average Bonchev–Trinajstić information content (AvgIpc) is 2.81. The van der Waals surface area contributed by atoms with Gasteiger partial charge in [0, 0.05) is 20.3 Å². The van der Waals surface area contributed by atoms with Gasteiger partial charge in [-0.2, -0.15) is 11.3 Å². The molecule has 1 heterocycles. The summed E-state index contributed by atoms with van der Waals surface area (Å²) < 4.78 is 10.3. The minimum Gasteiger partial charge on any atom is -0.375 e. The van der Waals surface area contributed by atoms with Crippen molar-refractivity contribution in [2.45, 2.75) is 13.0 Å². The Hall–Kier alpha value is -0.910. The molecular formula is C11H17NO3S. The number of ether oxygens (including phenoxy) is 2. The smallest absolute Gasteiger partial charge is 0.246 e. The molecule has 1 atom stereocenters. The average molecular weight is 243 g/mol. The predicted molar refractivity (Wildman–Crippen MR) is 63.6 cm³/mol. The van der Waals surface area contributed by atoms with Crippen LogP contribution in [0.3, 0.4) is 0 Å². The summed E-state index contributed by atoms with van der Waals surface area (Å²) in [5.74, 6) is -0.112. The maximum absolute atomic E-state index is 11.3. The minimum atomic E-state index is -0.112. The Morgan fingerprint density at radius 3 is 3.00 bits per heavy atom. The lowest BCUT2D eigenvalue weighted by atomic mass is 10.2. The molecule has 0 aliphatic heterocycles. The van der Waals surface area contributed by atoms with Crippen molar-refractivity contribution in [3.63, 3.8) is 0 Å². The van der Waals surface area contributed by atoms with Crippen LogP contribution in [0.4, 0.5) is 0 Å². The van der Waals surface area contributed by atoms with Crippen LogP contribution in [-0.2, 0) is 14.3 Å². The van der Waals surface area contributed by atoms with Crippen LogP contribution >= 0.6 is 11.3 Å². The monoisotopic (exact) mass is 243 g/mol. The van der Waals surface area contributed by atoms with E-state index in [0.717, 1.165) is 5.56 Å². The normalized spacial score (nSPS) is 12.4. The van der Waals surface area contributed by atoms with Crippen molar-refractivity contribution in [2.24, 2.45) is 0 Å². The third-order valence-corrected chi connectivity index (χ3v) is 2.82. The van der Waals surface area contributed by atoms with Crippen LogP contribution in [0.25, 0.3) is 0 Å². The molecule has 0 aliphatic carbocycles. The van der Waals surface area contributed by atoms with E-state index in [-0.39, 0.29) is 18.6 Å². The fraction of sp³-hybridized carbons (Fsp3) is 0.545. The van der Waals surface area contributed by atoms with Gasteiger partial charge >= 0.3 is 0 Å². The number of carbonyl (C=O) groups excluding carboxylic acids is 1. The second-order valence-corrected chi connectivity index (χ2v) is 4.00. The van der Waals surface area contributed by atoms with Crippen LogP contribution in [0, 0.1) is 0 Å². The lowest BCUT2D eigenvalue weighted by molar-refractivity contribution is -0.126. The summed E-state index contributed by atoms with van der Waals surface area (Å²) in [5, 5.41) is 6.78. The van der Waals surface area contributed by atoms with Crippen molar-refractivity contribution in [1.82, 2.24) is 5.32 Å². The van der Waals surface area contributed by atoms with Crippen LogP contribution < -0.4 is 5.32 Å². The molecule has 5 heteroatoms. The number of rotatable bonds is 7. The molecule has 0 spiro atoms. The van der Waals surface area contributed by atoms with Gasteiger partial charge in [0.25, 0.3) is 0 Å². The van der Waals surface area contributed by atoms with Crippen molar-refractivity contribution in [1.29, 1.82) is 0 Å². The first kappa shape index (κ1) is 13.2. The highest BCUT2D eigenvalue weighted by atomic mass is 32.1. The number of hydrogen-bond donors (Lipinski definition) is 1. The van der Waals surface area contributed by atoms with Gasteiger partial charge in [-0.05, 0) is 29.3 Å². The van der Waals surface area contributed by atoms with E-state index in [0.29, 0.717) is 13.2 Å². The number of methoxy groups -OCH3 is 1. The van der Waals surface area contributed by atoms with Gasteiger partial charge in [0.1, 0.15) is 12.7 Å². The van der Waals surface area contributed by atoms with Crippen molar-refractivity contribution in [2.75, 3.05) is 26.9 Å². The summed E-state index contributed by atoms with van der Waals surface area (Å²) in [6, 6.07) is 1.99. The van der Waals surface area contributed by atoms with E-state index in [1.165, 1.54) is 0 Å². The zero-order valence-corrected chi connectivity index (χ0v) is 10.4. The standard InChI is InChI=1S/C11H17NO3S/c1-3-15-7-11(13)12-6-10(14-2)9-4-5-16-8-9/h4-5,8,10H,3,6-7H2,1-2H3,(H,12,13). The predicted octanol–water partition coefficient (Wildman–Crippen LogP) is 1.59. The SMILES string of the molecule is CCOCC(=O)NCC(OC)c1ccsc1. The van der Waals surface area contributed by atoms with Gasteiger partial charge in [0.15, 0.2) is 0 Å². The number of amides is 1. The van der Waals surface area contributed by atoms with Gasteiger partial charge in [0.05, 0.1) is 0 Å². The molecule has 1 aromatic heterocycles. The molecule has 1 rings (SSSR count). The first-order valence-corrected chi connectivity index (χ1v) is 6.11. The summed E-state index contributed by atoms with van der Waals surface area (Å²) >= 11 is 1.61. The fourth-order valence-corrected chi connectivity index (χ4v) is 1.95. The number of hydrogen-bond acceptors (Lipinski definition) is 4. The van der Waals surface area contributed by atoms with Crippen molar-refractivity contribution >= 4 is 17.2 Å². The second-order valence-electron chi connectivity index (χ2n) is 3.22. The zero-order chi connectivity index (χ0) is 11.8. The topological polar surface area (TPSA) is 47.6 Å². The summed E-state index contributed by atoms with van der Waals surface area (Å²) in [4.78, 5) is 11.3. The largest absolute Gasteiger partial charge is 0.375 e. The summed E-state index contributed by atoms with van der Waals surface area (Å²) in [6.07, 6.45) is -0.0863. The maximum Gasteiger partial charge on any atom is 0.246 e. The van der Waals surface area contributed by atoms with Gasteiger partial charge in [0.2, 0.25) is 5.91 Å². The van der Waals surface area contributed by atoms with Crippen LogP contribution in [0.5, 0.6) is 0 Å². The molecule has 1 aromatic rings. The number of carbonyl (C=O) groups is 1. The number of nitrogens with one attached hydrogen (secondary N) is 1. The lowest BCUT2D eigenvalue weighted by Crippen LogP contribution is -2.32. The van der Waals surface area contributed by atoms with Gasteiger partial charge in [-0.1, -0.05) is 0 Å². The molecule has 0 aromatic carbocycles. The second kappa shape index (κ2) is 7.38. The maximum atomic E-state index is 11.3. The quantitative estimate of drug-likeness (QED) is 0.791. The Labute approximate surface area is 99.6 Å². The van der Waals surface area contributed by atoms with E-state index in [2.05, 4.69) is 5.32 Å². The Morgan fingerprint density at radius 1 is 1.62 bits per heavy atom. The Kier molecular flexibility index (Phi) is 6.07. The van der Waals surface area contributed by atoms with Gasteiger partial charge in [-0.3, -0.25) is 4.79 Å². The Balaban J connectivity index is 2.32. The first-order chi connectivity index (χ1) is 7.77. The lowest BCUT2D eigenvalue weighted by Gasteiger charge is -2.14. The molecule has 16 heavy (non-hydrogen) atoms. The third-order valence-electron chi connectivity index (χ3n) is 2.12. The molecule has 90 valence electrons. The van der Waals surface area contributed by atoms with Crippen LogP contribution in [-0.4, -0.2) is 32.8 Å². The van der Waals surface area contributed by atoms with E-state index < -0.39 is 0 Å². The molecule has 0 aliphatic rings. The molecule has 4 nitrogen and oxygen atoms in total. The fourth-order valence-electron chi connectivity index (χ4n) is 1.25. The Bertz CT molecular complexity index is 300. The van der Waals surface area contributed by atoms with Gasteiger partial charge in [-0.25, -0.2) is 0 Å². The molecule has 0 fully saturated rings.